The van der Waals surface area contributed by atoms with Crippen molar-refractivity contribution in [1.29, 1.82) is 0 Å². The van der Waals surface area contributed by atoms with Crippen LogP contribution in [0.1, 0.15) is 5.56 Å². The fourth-order valence-electron chi connectivity index (χ4n) is 1.54. The SMILES string of the molecule is Cc1ccc(S(=O)(=O)O)cc1.O=C(O)NS(=O)(=O)c1ccccc1Cl. The van der Waals surface area contributed by atoms with E-state index >= 15 is 0 Å². The van der Waals surface area contributed by atoms with Gasteiger partial charge in [0, 0.05) is 0 Å². The van der Waals surface area contributed by atoms with Crippen molar-refractivity contribution in [2.45, 2.75) is 16.7 Å². The Labute approximate surface area is 149 Å². The molecule has 25 heavy (non-hydrogen) atoms. The second-order valence-electron chi connectivity index (χ2n) is 4.63. The van der Waals surface area contributed by atoms with E-state index in [4.69, 9.17) is 21.3 Å². The van der Waals surface area contributed by atoms with E-state index in [1.807, 2.05) is 6.92 Å². The summed E-state index contributed by atoms with van der Waals surface area (Å²) in [6.07, 6.45) is -1.65. The van der Waals surface area contributed by atoms with Gasteiger partial charge in [0.15, 0.2) is 0 Å². The monoisotopic (exact) mass is 407 g/mol. The van der Waals surface area contributed by atoms with Gasteiger partial charge in [-0.1, -0.05) is 41.4 Å². The van der Waals surface area contributed by atoms with Crippen LogP contribution in [-0.4, -0.2) is 32.6 Å². The molecule has 2 aromatic carbocycles. The molecule has 0 heterocycles. The molecule has 2 aromatic rings. The van der Waals surface area contributed by atoms with Crippen molar-refractivity contribution in [1.82, 2.24) is 4.72 Å². The minimum Gasteiger partial charge on any atom is -0.464 e. The lowest BCUT2D eigenvalue weighted by atomic mass is 10.2. The first-order valence-electron chi connectivity index (χ1n) is 6.48. The molecular weight excluding hydrogens is 394 g/mol. The number of benzene rings is 2. The molecule has 0 aliphatic rings. The summed E-state index contributed by atoms with van der Waals surface area (Å²) in [5.41, 5.74) is 0.956. The first-order chi connectivity index (χ1) is 11.4. The molecule has 0 saturated heterocycles. The molecule has 0 aliphatic heterocycles. The molecule has 0 bridgehead atoms. The lowest BCUT2D eigenvalue weighted by molar-refractivity contribution is 0.201. The highest BCUT2D eigenvalue weighted by Crippen LogP contribution is 2.19. The maximum Gasteiger partial charge on any atom is 0.418 e. The van der Waals surface area contributed by atoms with E-state index in [0.717, 1.165) is 5.56 Å². The summed E-state index contributed by atoms with van der Waals surface area (Å²) in [6, 6.07) is 11.6. The quantitative estimate of drug-likeness (QED) is 0.664. The van der Waals surface area contributed by atoms with Gasteiger partial charge in [-0.05, 0) is 31.2 Å². The van der Waals surface area contributed by atoms with Gasteiger partial charge in [-0.25, -0.2) is 17.9 Å². The highest BCUT2D eigenvalue weighted by molar-refractivity contribution is 7.90. The van der Waals surface area contributed by atoms with Crippen LogP contribution in [-0.2, 0) is 20.1 Å². The van der Waals surface area contributed by atoms with Gasteiger partial charge in [0.05, 0.1) is 9.92 Å². The van der Waals surface area contributed by atoms with Crippen molar-refractivity contribution < 1.29 is 31.3 Å². The number of hydrogen-bond donors (Lipinski definition) is 3. The van der Waals surface area contributed by atoms with Crippen LogP contribution in [0.5, 0.6) is 0 Å². The molecule has 136 valence electrons. The lowest BCUT2D eigenvalue weighted by Crippen LogP contribution is -2.28. The van der Waals surface area contributed by atoms with E-state index in [-0.39, 0.29) is 14.8 Å². The molecule has 0 atom stereocenters. The van der Waals surface area contributed by atoms with Crippen LogP contribution >= 0.6 is 11.6 Å². The number of carboxylic acid groups (broad SMARTS) is 1. The summed E-state index contributed by atoms with van der Waals surface area (Å²) in [6.45, 7) is 1.84. The van der Waals surface area contributed by atoms with Crippen molar-refractivity contribution in [2.24, 2.45) is 0 Å². The van der Waals surface area contributed by atoms with Crippen LogP contribution < -0.4 is 4.72 Å². The predicted octanol–water partition coefficient (Wildman–Crippen LogP) is 2.54. The summed E-state index contributed by atoms with van der Waals surface area (Å²) in [5.74, 6) is 0. The number of halogens is 1. The van der Waals surface area contributed by atoms with Crippen LogP contribution in [0.25, 0.3) is 0 Å². The van der Waals surface area contributed by atoms with Gasteiger partial charge in [0.2, 0.25) is 0 Å². The lowest BCUT2D eigenvalue weighted by Gasteiger charge is -2.04. The number of aryl methyl sites for hydroxylation is 1. The molecule has 0 aliphatic carbocycles. The van der Waals surface area contributed by atoms with E-state index in [1.54, 1.807) is 18.2 Å². The van der Waals surface area contributed by atoms with Gasteiger partial charge in [0.1, 0.15) is 4.90 Å². The van der Waals surface area contributed by atoms with Crippen LogP contribution in [0.15, 0.2) is 58.3 Å². The van der Waals surface area contributed by atoms with E-state index < -0.39 is 26.2 Å². The van der Waals surface area contributed by atoms with Gasteiger partial charge in [-0.2, -0.15) is 8.42 Å². The fraction of sp³-hybridized carbons (Fsp3) is 0.0714. The van der Waals surface area contributed by atoms with Gasteiger partial charge in [0.25, 0.3) is 20.1 Å². The average Bonchev–Trinajstić information content (AvgIpc) is 2.46. The smallest absolute Gasteiger partial charge is 0.418 e. The second kappa shape index (κ2) is 8.30. The third kappa shape index (κ3) is 6.70. The van der Waals surface area contributed by atoms with Gasteiger partial charge in [-0.15, -0.1) is 0 Å². The van der Waals surface area contributed by atoms with Crippen molar-refractivity contribution in [3.63, 3.8) is 0 Å². The Morgan fingerprint density at radius 1 is 1.00 bits per heavy atom. The van der Waals surface area contributed by atoms with E-state index in [2.05, 4.69) is 0 Å². The third-order valence-corrected chi connectivity index (χ3v) is 5.35. The Hall–Kier alpha value is -2.14. The first-order valence-corrected chi connectivity index (χ1v) is 9.78. The Bertz CT molecular complexity index is 955. The Morgan fingerprint density at radius 3 is 1.96 bits per heavy atom. The summed E-state index contributed by atoms with van der Waals surface area (Å²) in [7, 11) is -8.09. The topological polar surface area (TPSA) is 138 Å². The zero-order chi connectivity index (χ0) is 19.3. The average molecular weight is 408 g/mol. The van der Waals surface area contributed by atoms with Crippen molar-refractivity contribution >= 4 is 37.8 Å². The Kier molecular flexibility index (Phi) is 6.94. The summed E-state index contributed by atoms with van der Waals surface area (Å²) in [4.78, 5) is 9.84. The predicted molar refractivity (Wildman–Crippen MR) is 90.8 cm³/mol. The molecule has 8 nitrogen and oxygen atoms in total. The molecule has 1 amide bonds. The number of amides is 1. The Balaban J connectivity index is 0.000000257. The normalized spacial score (nSPS) is 11.2. The van der Waals surface area contributed by atoms with Crippen LogP contribution in [0.4, 0.5) is 4.79 Å². The zero-order valence-corrected chi connectivity index (χ0v) is 15.1. The van der Waals surface area contributed by atoms with Crippen molar-refractivity contribution in [3.8, 4) is 0 Å². The molecule has 2 rings (SSSR count). The van der Waals surface area contributed by atoms with E-state index in [1.165, 1.54) is 35.1 Å². The van der Waals surface area contributed by atoms with Crippen molar-refractivity contribution in [2.75, 3.05) is 0 Å². The molecule has 0 radical (unpaired) electrons. The summed E-state index contributed by atoms with van der Waals surface area (Å²) in [5, 5.41) is 8.24. The van der Waals surface area contributed by atoms with Gasteiger partial charge in [-0.3, -0.25) is 4.55 Å². The maximum atomic E-state index is 11.3. The molecule has 0 saturated carbocycles. The van der Waals surface area contributed by atoms with Gasteiger partial charge >= 0.3 is 6.09 Å². The zero-order valence-electron chi connectivity index (χ0n) is 12.7. The molecule has 0 spiro atoms. The van der Waals surface area contributed by atoms with Crippen LogP contribution in [0.2, 0.25) is 5.02 Å². The Morgan fingerprint density at radius 2 is 1.52 bits per heavy atom. The minimum atomic E-state index is -4.07. The molecule has 3 N–H and O–H groups in total. The van der Waals surface area contributed by atoms with Crippen molar-refractivity contribution in [3.05, 3.63) is 59.1 Å². The third-order valence-electron chi connectivity index (χ3n) is 2.67. The highest BCUT2D eigenvalue weighted by atomic mass is 35.5. The number of carbonyl (C=O) groups is 1. The molecular formula is C14H14ClNO7S2. The van der Waals surface area contributed by atoms with Gasteiger partial charge < -0.3 is 5.11 Å². The minimum absolute atomic E-state index is 0.0266. The molecule has 0 unspecified atom stereocenters. The highest BCUT2D eigenvalue weighted by Gasteiger charge is 2.19. The standard InChI is InChI=1S/C7H6ClNO4S.C7H8O3S/c8-5-3-1-2-4-6(5)14(12,13)9-7(10)11;1-6-2-4-7(5-3-6)11(8,9)10/h1-4,9H,(H,10,11);2-5H,1H3,(H,8,9,10). The largest absolute Gasteiger partial charge is 0.464 e. The van der Waals surface area contributed by atoms with Crippen LogP contribution in [0, 0.1) is 6.92 Å². The number of hydrogen-bond acceptors (Lipinski definition) is 5. The second-order valence-corrected chi connectivity index (χ2v) is 8.11. The summed E-state index contributed by atoms with van der Waals surface area (Å²) < 4.78 is 53.5. The number of sulfonamides is 1. The van der Waals surface area contributed by atoms with E-state index in [0.29, 0.717) is 0 Å². The molecule has 11 heteroatoms. The number of nitrogens with one attached hydrogen (secondary N) is 1. The molecule has 0 fully saturated rings. The summed E-state index contributed by atoms with van der Waals surface area (Å²) >= 11 is 5.58. The maximum absolute atomic E-state index is 11.3. The number of rotatable bonds is 3. The first kappa shape index (κ1) is 20.9. The fourth-order valence-corrected chi connectivity index (χ4v) is 3.39. The van der Waals surface area contributed by atoms with E-state index in [9.17, 15) is 21.6 Å². The molecule has 0 aromatic heterocycles. The van der Waals surface area contributed by atoms with Crippen LogP contribution in [0.3, 0.4) is 0 Å².